The normalized spacial score (nSPS) is 12.4. The smallest absolute Gasteiger partial charge is 0.306 e. The quantitative estimate of drug-likeness (QED) is 0.0261. The number of rotatable bonds is 67. The zero-order valence-corrected chi connectivity index (χ0v) is 55.0. The summed E-state index contributed by atoms with van der Waals surface area (Å²) in [5.41, 5.74) is 0. The molecule has 0 saturated heterocycles. The molecular formula is C76H138O6. The molecule has 0 amide bonds. The van der Waals surface area contributed by atoms with Gasteiger partial charge in [0.25, 0.3) is 0 Å². The zero-order valence-electron chi connectivity index (χ0n) is 55.0. The van der Waals surface area contributed by atoms with E-state index < -0.39 is 6.10 Å². The molecule has 0 aromatic carbocycles. The maximum atomic E-state index is 13.0. The highest BCUT2D eigenvalue weighted by molar-refractivity contribution is 5.71. The summed E-state index contributed by atoms with van der Waals surface area (Å²) in [6.45, 7) is 6.64. The van der Waals surface area contributed by atoms with Gasteiger partial charge in [0.05, 0.1) is 0 Å². The predicted octanol–water partition coefficient (Wildman–Crippen LogP) is 25.1. The lowest BCUT2D eigenvalue weighted by Gasteiger charge is -2.18. The van der Waals surface area contributed by atoms with E-state index in [4.69, 9.17) is 14.2 Å². The second kappa shape index (κ2) is 70.6. The molecule has 6 heteroatoms. The summed E-state index contributed by atoms with van der Waals surface area (Å²) in [6, 6.07) is 0. The number of carbonyl (C=O) groups is 3. The molecule has 1 unspecified atom stereocenters. The van der Waals surface area contributed by atoms with E-state index in [-0.39, 0.29) is 31.1 Å². The summed E-state index contributed by atoms with van der Waals surface area (Å²) in [6.07, 6.45) is 91.1. The van der Waals surface area contributed by atoms with Gasteiger partial charge in [0, 0.05) is 19.3 Å². The molecule has 0 aromatic heterocycles. The van der Waals surface area contributed by atoms with Gasteiger partial charge in [-0.15, -0.1) is 0 Å². The van der Waals surface area contributed by atoms with Gasteiger partial charge in [0.1, 0.15) is 13.2 Å². The van der Waals surface area contributed by atoms with Crippen molar-refractivity contribution < 1.29 is 28.6 Å². The number of allylic oxidation sites excluding steroid dienone is 10. The summed E-state index contributed by atoms with van der Waals surface area (Å²) in [5.74, 6) is -0.864. The van der Waals surface area contributed by atoms with Crippen LogP contribution in [0.3, 0.4) is 0 Å². The lowest BCUT2D eigenvalue weighted by Crippen LogP contribution is -2.30. The summed E-state index contributed by atoms with van der Waals surface area (Å²) >= 11 is 0. The Hall–Kier alpha value is -2.89. The number of hydrogen-bond donors (Lipinski definition) is 0. The van der Waals surface area contributed by atoms with E-state index in [1.807, 2.05) is 0 Å². The van der Waals surface area contributed by atoms with Crippen molar-refractivity contribution in [3.8, 4) is 0 Å². The molecule has 0 aliphatic carbocycles. The first kappa shape index (κ1) is 79.1. The number of hydrogen-bond acceptors (Lipinski definition) is 6. The van der Waals surface area contributed by atoms with Crippen LogP contribution in [0, 0.1) is 0 Å². The maximum absolute atomic E-state index is 13.0. The topological polar surface area (TPSA) is 78.9 Å². The van der Waals surface area contributed by atoms with Crippen LogP contribution in [0.1, 0.15) is 387 Å². The van der Waals surface area contributed by atoms with Crippen molar-refractivity contribution in [3.63, 3.8) is 0 Å². The SMILES string of the molecule is CCCC/C=C\C/C=C\CCCCCCCC(=O)OCC(COC(=O)CCCCCCCCCCCCCCCC/C=C\C/C=C\C/C=C\CCCCCCC)OC(=O)CCCCCCCCCCCCCCCCCCCCCCC. The van der Waals surface area contributed by atoms with E-state index >= 15 is 0 Å². The van der Waals surface area contributed by atoms with Gasteiger partial charge in [-0.2, -0.15) is 0 Å². The molecule has 0 bridgehead atoms. The fourth-order valence-corrected chi connectivity index (χ4v) is 10.8. The van der Waals surface area contributed by atoms with Gasteiger partial charge in [-0.3, -0.25) is 14.4 Å². The van der Waals surface area contributed by atoms with Crippen LogP contribution in [0.2, 0.25) is 0 Å². The minimum Gasteiger partial charge on any atom is -0.462 e. The van der Waals surface area contributed by atoms with Crippen molar-refractivity contribution in [2.24, 2.45) is 0 Å². The predicted molar refractivity (Wildman–Crippen MR) is 358 cm³/mol. The largest absolute Gasteiger partial charge is 0.462 e. The van der Waals surface area contributed by atoms with Crippen molar-refractivity contribution in [1.82, 2.24) is 0 Å². The monoisotopic (exact) mass is 1150 g/mol. The first-order chi connectivity index (χ1) is 40.5. The van der Waals surface area contributed by atoms with Crippen LogP contribution in [-0.4, -0.2) is 37.2 Å². The molecule has 1 atom stereocenters. The molecule has 82 heavy (non-hydrogen) atoms. The first-order valence-electron chi connectivity index (χ1n) is 36.3. The van der Waals surface area contributed by atoms with E-state index in [1.54, 1.807) is 0 Å². The van der Waals surface area contributed by atoms with Crippen LogP contribution in [-0.2, 0) is 28.6 Å². The van der Waals surface area contributed by atoms with Crippen molar-refractivity contribution in [3.05, 3.63) is 60.8 Å². The van der Waals surface area contributed by atoms with Gasteiger partial charge in [0.2, 0.25) is 0 Å². The Morgan fingerprint density at radius 1 is 0.244 bits per heavy atom. The summed E-state index contributed by atoms with van der Waals surface area (Å²) in [4.78, 5) is 38.5. The first-order valence-corrected chi connectivity index (χ1v) is 36.3. The van der Waals surface area contributed by atoms with Gasteiger partial charge >= 0.3 is 17.9 Å². The fraction of sp³-hybridized carbons (Fsp3) is 0.829. The minimum absolute atomic E-state index is 0.0748. The molecule has 478 valence electrons. The van der Waals surface area contributed by atoms with Crippen molar-refractivity contribution in [2.75, 3.05) is 13.2 Å². The molecule has 0 aliphatic heterocycles. The fourth-order valence-electron chi connectivity index (χ4n) is 10.8. The Morgan fingerprint density at radius 2 is 0.451 bits per heavy atom. The van der Waals surface area contributed by atoms with Crippen LogP contribution in [0.4, 0.5) is 0 Å². The number of carbonyl (C=O) groups excluding carboxylic acids is 3. The maximum Gasteiger partial charge on any atom is 0.306 e. The van der Waals surface area contributed by atoms with Crippen LogP contribution in [0.5, 0.6) is 0 Å². The van der Waals surface area contributed by atoms with Crippen LogP contribution >= 0.6 is 0 Å². The highest BCUT2D eigenvalue weighted by Gasteiger charge is 2.19. The third kappa shape index (κ3) is 67.9. The third-order valence-electron chi connectivity index (χ3n) is 16.2. The van der Waals surface area contributed by atoms with Gasteiger partial charge < -0.3 is 14.2 Å². The summed E-state index contributed by atoms with van der Waals surface area (Å²) < 4.78 is 17.0. The molecule has 0 saturated carbocycles. The molecular weight excluding hydrogens is 1010 g/mol. The lowest BCUT2D eigenvalue weighted by molar-refractivity contribution is -0.167. The highest BCUT2D eigenvalue weighted by Crippen LogP contribution is 2.18. The van der Waals surface area contributed by atoms with Crippen LogP contribution in [0.15, 0.2) is 60.8 Å². The second-order valence-electron chi connectivity index (χ2n) is 24.5. The van der Waals surface area contributed by atoms with Gasteiger partial charge in [-0.25, -0.2) is 0 Å². The number of unbranched alkanes of at least 4 members (excludes halogenated alkanes) is 46. The van der Waals surface area contributed by atoms with E-state index in [9.17, 15) is 14.4 Å². The number of ether oxygens (including phenoxy) is 3. The molecule has 0 aliphatic rings. The summed E-state index contributed by atoms with van der Waals surface area (Å²) in [5, 5.41) is 0. The van der Waals surface area contributed by atoms with Crippen LogP contribution in [0.25, 0.3) is 0 Å². The molecule has 0 radical (unpaired) electrons. The molecule has 0 rings (SSSR count). The third-order valence-corrected chi connectivity index (χ3v) is 16.2. The molecule has 0 aromatic rings. The van der Waals surface area contributed by atoms with Crippen molar-refractivity contribution >= 4 is 17.9 Å². The van der Waals surface area contributed by atoms with Crippen molar-refractivity contribution in [1.29, 1.82) is 0 Å². The molecule has 0 N–H and O–H groups in total. The average molecular weight is 1150 g/mol. The van der Waals surface area contributed by atoms with Crippen molar-refractivity contribution in [2.45, 2.75) is 393 Å². The Labute approximate surface area is 510 Å². The van der Waals surface area contributed by atoms with E-state index in [1.165, 1.54) is 257 Å². The average Bonchev–Trinajstić information content (AvgIpc) is 3.48. The Bertz CT molecular complexity index is 1460. The Balaban J connectivity index is 4.24. The van der Waals surface area contributed by atoms with E-state index in [0.717, 1.165) is 89.9 Å². The van der Waals surface area contributed by atoms with Crippen LogP contribution < -0.4 is 0 Å². The zero-order chi connectivity index (χ0) is 59.2. The number of esters is 3. The Morgan fingerprint density at radius 3 is 0.720 bits per heavy atom. The van der Waals surface area contributed by atoms with Gasteiger partial charge in [0.15, 0.2) is 6.10 Å². The Kier molecular flexibility index (Phi) is 68.1. The van der Waals surface area contributed by atoms with E-state index in [0.29, 0.717) is 19.3 Å². The van der Waals surface area contributed by atoms with Gasteiger partial charge in [-0.05, 0) is 83.5 Å². The molecule has 6 nitrogen and oxygen atoms in total. The minimum atomic E-state index is -0.779. The second-order valence-corrected chi connectivity index (χ2v) is 24.5. The molecule has 0 heterocycles. The lowest BCUT2D eigenvalue weighted by atomic mass is 10.0. The van der Waals surface area contributed by atoms with E-state index in [2.05, 4.69) is 81.5 Å². The molecule has 0 spiro atoms. The highest BCUT2D eigenvalue weighted by atomic mass is 16.6. The summed E-state index contributed by atoms with van der Waals surface area (Å²) in [7, 11) is 0. The van der Waals surface area contributed by atoms with Gasteiger partial charge in [-0.1, -0.05) is 345 Å². The standard InChI is InChI=1S/C76H138O6/c1-4-7-10-13-16-19-22-25-28-30-32-34-35-36-37-38-39-40-41-43-44-46-48-51-54-57-60-63-66-69-75(78)81-72-73(71-80-74(77)68-65-62-59-56-53-50-27-24-21-18-15-12-9-6-3)82-76(79)70-67-64-61-58-55-52-49-47-45-42-33-31-29-26-23-20-17-14-11-8-5-2/h15,18,22,24-25,27,30,32,35-36,73H,4-14,16-17,19-21,23,26,28-29,31,33-34,37-72H2,1-3H3/b18-15-,25-22-,27-24-,32-30-,36-35-. The molecule has 0 fully saturated rings.